The number of halogens is 5. The molecule has 1 saturated heterocycles. The molecule has 0 radical (unpaired) electrons. The molecule has 7 nitrogen and oxygen atoms in total. The van der Waals surface area contributed by atoms with Crippen LogP contribution in [0.3, 0.4) is 0 Å². The molecule has 2 aliphatic rings. The molecule has 0 bridgehead atoms. The Balaban J connectivity index is 1.44. The van der Waals surface area contributed by atoms with Crippen LogP contribution in [0.1, 0.15) is 33.7 Å². The third-order valence-corrected chi connectivity index (χ3v) is 9.51. The van der Waals surface area contributed by atoms with E-state index in [1.54, 1.807) is 41.2 Å². The molecule has 216 valence electrons. The zero-order chi connectivity index (χ0) is 29.9. The largest absolute Gasteiger partial charge is 0.419 e. The maximum atomic E-state index is 14.1. The zero-order valence-electron chi connectivity index (χ0n) is 21.6. The molecule has 1 fully saturated rings. The third-order valence-electron chi connectivity index (χ3n) is 7.67. The van der Waals surface area contributed by atoms with Crippen LogP contribution in [0.25, 0.3) is 11.8 Å². The second-order valence-corrected chi connectivity index (χ2v) is 12.1. The lowest BCUT2D eigenvalue weighted by Gasteiger charge is -2.44. The van der Waals surface area contributed by atoms with Crippen LogP contribution in [0.4, 0.5) is 22.0 Å². The molecule has 2 aromatic carbocycles. The summed E-state index contributed by atoms with van der Waals surface area (Å²) in [6.07, 6.45) is -0.244. The minimum Gasteiger partial charge on any atom is -0.291 e. The van der Waals surface area contributed by atoms with Gasteiger partial charge in [-0.15, -0.1) is 0 Å². The molecule has 42 heavy (non-hydrogen) atoms. The van der Waals surface area contributed by atoms with Crippen LogP contribution in [-0.4, -0.2) is 46.4 Å². The molecule has 1 atom stereocenters. The maximum Gasteiger partial charge on any atom is 0.419 e. The number of hydrogen-bond donors (Lipinski definition) is 0. The average molecular weight is 601 g/mol. The maximum absolute atomic E-state index is 14.1. The lowest BCUT2D eigenvalue weighted by atomic mass is 9.65. The highest BCUT2D eigenvalue weighted by Gasteiger charge is 2.51. The number of carbonyl (C=O) groups excluding carboxylic acids is 1. The number of pyridine rings is 1. The molecule has 1 aliphatic heterocycles. The highest BCUT2D eigenvalue weighted by atomic mass is 32.2. The van der Waals surface area contributed by atoms with Gasteiger partial charge < -0.3 is 0 Å². The van der Waals surface area contributed by atoms with Gasteiger partial charge in [0.05, 0.1) is 33.5 Å². The van der Waals surface area contributed by atoms with E-state index in [9.17, 15) is 35.2 Å². The fraction of sp³-hybridized carbons (Fsp3) is 0.207. The Bertz CT molecular complexity index is 1840. The molecule has 1 aliphatic carbocycles. The Morgan fingerprint density at radius 1 is 1.00 bits per heavy atom. The van der Waals surface area contributed by atoms with Crippen molar-refractivity contribution < 1.29 is 35.2 Å². The highest BCUT2D eigenvalue weighted by molar-refractivity contribution is 7.89. The molecule has 6 rings (SSSR count). The summed E-state index contributed by atoms with van der Waals surface area (Å²) in [5.74, 6) is -2.47. The topological polar surface area (TPSA) is 85.2 Å². The van der Waals surface area contributed by atoms with Crippen molar-refractivity contribution in [3.8, 4) is 5.69 Å². The molecule has 13 heteroatoms. The molecule has 0 amide bonds. The quantitative estimate of drug-likeness (QED) is 0.224. The predicted molar refractivity (Wildman–Crippen MR) is 141 cm³/mol. The number of piperidine rings is 1. The molecule has 4 aromatic rings. The van der Waals surface area contributed by atoms with E-state index in [-0.39, 0.29) is 37.7 Å². The molecule has 3 heterocycles. The van der Waals surface area contributed by atoms with Gasteiger partial charge in [-0.1, -0.05) is 11.6 Å². The van der Waals surface area contributed by atoms with E-state index in [1.165, 1.54) is 24.4 Å². The Morgan fingerprint density at radius 2 is 1.76 bits per heavy atom. The van der Waals surface area contributed by atoms with Crippen LogP contribution >= 0.6 is 0 Å². The second-order valence-electron chi connectivity index (χ2n) is 10.1. The number of aromatic nitrogens is 3. The molecule has 0 saturated carbocycles. The van der Waals surface area contributed by atoms with Crippen LogP contribution in [0.2, 0.25) is 0 Å². The lowest BCUT2D eigenvalue weighted by Crippen LogP contribution is -2.53. The summed E-state index contributed by atoms with van der Waals surface area (Å²) in [4.78, 5) is 17.6. The summed E-state index contributed by atoms with van der Waals surface area (Å²) in [5, 5.41) is 4.42. The summed E-state index contributed by atoms with van der Waals surface area (Å²) in [5.41, 5.74) is -0.588. The summed E-state index contributed by atoms with van der Waals surface area (Å²) in [7, 11) is -4.57. The first-order valence-corrected chi connectivity index (χ1v) is 14.2. The molecule has 0 N–H and O–H groups in total. The van der Waals surface area contributed by atoms with E-state index in [1.807, 2.05) is 0 Å². The summed E-state index contributed by atoms with van der Waals surface area (Å²) in [6.45, 7) is -0.513. The number of Topliss-reactive ketones (excluding diaryl/α,β-unsaturated/α-hetero) is 1. The van der Waals surface area contributed by atoms with Crippen molar-refractivity contribution in [3.63, 3.8) is 0 Å². The Morgan fingerprint density at radius 3 is 2.45 bits per heavy atom. The van der Waals surface area contributed by atoms with Crippen LogP contribution in [0.15, 0.2) is 83.5 Å². The van der Waals surface area contributed by atoms with Crippen molar-refractivity contribution in [2.45, 2.75) is 23.9 Å². The second kappa shape index (κ2) is 9.95. The van der Waals surface area contributed by atoms with Crippen molar-refractivity contribution in [2.75, 3.05) is 13.1 Å². The standard InChI is InChI=1S/C29H21F5N4O3S/c30-20-4-6-21(7-5-20)38-26-13-19-10-12-37(42(40,41)22-8-9-24(31)23(14-22)29(32,33)34)17-28(19,15-18(26)16-36-38)27(39)25-3-1-2-11-35-25/h1-9,11,13-14,16H,10,12,15,17H2/t28-/m0/s1. The number of ketones is 1. The molecule has 2 aromatic heterocycles. The van der Waals surface area contributed by atoms with Crippen molar-refractivity contribution in [3.05, 3.63) is 113 Å². The van der Waals surface area contributed by atoms with Gasteiger partial charge in [-0.05, 0) is 79.1 Å². The molecular weight excluding hydrogens is 579 g/mol. The van der Waals surface area contributed by atoms with Crippen molar-refractivity contribution in [1.82, 2.24) is 19.1 Å². The van der Waals surface area contributed by atoms with Gasteiger partial charge in [0, 0.05) is 19.3 Å². The minimum absolute atomic E-state index is 0.0357. The average Bonchev–Trinajstić information content (AvgIpc) is 3.37. The Labute approximate surface area is 237 Å². The number of nitrogens with zero attached hydrogens (tertiary/aromatic N) is 4. The SMILES string of the molecule is O=C(c1ccccn1)[C@]12Cc3cnn(-c4ccc(F)cc4)c3C=C1CCN(S(=O)(=O)c1ccc(F)c(C(F)(F)F)c1)C2. The van der Waals surface area contributed by atoms with Gasteiger partial charge in [0.2, 0.25) is 10.0 Å². The van der Waals surface area contributed by atoms with Gasteiger partial charge in [-0.3, -0.25) is 9.78 Å². The monoisotopic (exact) mass is 600 g/mol. The van der Waals surface area contributed by atoms with Crippen LogP contribution in [0.5, 0.6) is 0 Å². The first kappa shape index (κ1) is 27.9. The van der Waals surface area contributed by atoms with E-state index in [4.69, 9.17) is 0 Å². The van der Waals surface area contributed by atoms with Crippen molar-refractivity contribution in [1.29, 1.82) is 0 Å². The van der Waals surface area contributed by atoms with Crippen LogP contribution in [-0.2, 0) is 22.6 Å². The van der Waals surface area contributed by atoms with Gasteiger partial charge in [0.15, 0.2) is 5.78 Å². The van der Waals surface area contributed by atoms with Gasteiger partial charge in [-0.25, -0.2) is 21.9 Å². The zero-order valence-corrected chi connectivity index (χ0v) is 22.5. The number of fused-ring (bicyclic) bond motifs is 2. The van der Waals surface area contributed by atoms with Crippen LogP contribution in [0, 0.1) is 17.0 Å². The van der Waals surface area contributed by atoms with Gasteiger partial charge in [-0.2, -0.15) is 22.6 Å². The lowest BCUT2D eigenvalue weighted by molar-refractivity contribution is -0.140. The number of carbonyl (C=O) groups is 1. The Kier molecular flexibility index (Phi) is 6.61. The van der Waals surface area contributed by atoms with Crippen LogP contribution < -0.4 is 0 Å². The van der Waals surface area contributed by atoms with E-state index in [0.29, 0.717) is 28.6 Å². The van der Waals surface area contributed by atoms with E-state index in [0.717, 1.165) is 10.4 Å². The van der Waals surface area contributed by atoms with E-state index < -0.39 is 49.5 Å². The molecule has 0 unspecified atom stereocenters. The predicted octanol–water partition coefficient (Wildman–Crippen LogP) is 5.47. The van der Waals surface area contributed by atoms with Crippen molar-refractivity contribution >= 4 is 21.9 Å². The number of hydrogen-bond acceptors (Lipinski definition) is 5. The fourth-order valence-electron chi connectivity index (χ4n) is 5.58. The van der Waals surface area contributed by atoms with Gasteiger partial charge >= 0.3 is 6.18 Å². The normalized spacial score (nSPS) is 19.1. The minimum atomic E-state index is -5.10. The van der Waals surface area contributed by atoms with E-state index in [2.05, 4.69) is 10.1 Å². The smallest absolute Gasteiger partial charge is 0.291 e. The molecular formula is C29H21F5N4O3S. The summed E-state index contributed by atoms with van der Waals surface area (Å²) >= 11 is 0. The molecule has 0 spiro atoms. The van der Waals surface area contributed by atoms with Crippen molar-refractivity contribution in [2.24, 2.45) is 5.41 Å². The number of alkyl halides is 3. The number of rotatable bonds is 5. The van der Waals surface area contributed by atoms with E-state index >= 15 is 0 Å². The number of sulfonamides is 1. The third kappa shape index (κ3) is 4.62. The first-order chi connectivity index (χ1) is 19.9. The highest BCUT2D eigenvalue weighted by Crippen LogP contribution is 2.47. The first-order valence-electron chi connectivity index (χ1n) is 12.8. The summed E-state index contributed by atoms with van der Waals surface area (Å²) < 4.78 is 97.5. The number of benzene rings is 2. The van der Waals surface area contributed by atoms with Gasteiger partial charge in [0.1, 0.15) is 17.3 Å². The van der Waals surface area contributed by atoms with Gasteiger partial charge in [0.25, 0.3) is 0 Å². The fourth-order valence-corrected chi connectivity index (χ4v) is 7.11. The Hall–Kier alpha value is -4.23. The summed E-state index contributed by atoms with van der Waals surface area (Å²) in [6, 6.07) is 12.0.